The fourth-order valence-corrected chi connectivity index (χ4v) is 5.20. The summed E-state index contributed by atoms with van der Waals surface area (Å²) in [7, 11) is 0. The van der Waals surface area contributed by atoms with Crippen molar-refractivity contribution in [3.63, 3.8) is 0 Å². The van der Waals surface area contributed by atoms with Crippen molar-refractivity contribution in [2.75, 3.05) is 36.5 Å². The maximum atomic E-state index is 13.2. The molecule has 10 heteroatoms. The number of morpholine rings is 1. The highest BCUT2D eigenvalue weighted by Crippen LogP contribution is 2.22. The summed E-state index contributed by atoms with van der Waals surface area (Å²) in [5.41, 5.74) is 1.39. The third-order valence-electron chi connectivity index (χ3n) is 6.05. The number of anilines is 2. The normalized spacial score (nSPS) is 17.9. The molecule has 4 rings (SSSR count). The highest BCUT2D eigenvalue weighted by Gasteiger charge is 2.25. The minimum absolute atomic E-state index is 0.0798. The van der Waals surface area contributed by atoms with Gasteiger partial charge in [0.1, 0.15) is 12.6 Å². The van der Waals surface area contributed by atoms with Crippen molar-refractivity contribution in [2.45, 2.75) is 44.2 Å². The second-order valence-electron chi connectivity index (χ2n) is 8.50. The second-order valence-corrected chi connectivity index (χ2v) is 10.2. The quantitative estimate of drug-likeness (QED) is 0.511. The van der Waals surface area contributed by atoms with Crippen LogP contribution in [0, 0.1) is 0 Å². The van der Waals surface area contributed by atoms with Crippen LogP contribution in [0.1, 0.15) is 41.8 Å². The summed E-state index contributed by atoms with van der Waals surface area (Å²) in [6, 6.07) is 10.2. The highest BCUT2D eigenvalue weighted by molar-refractivity contribution is 7.18. The molecule has 1 aromatic heterocycles. The maximum absolute atomic E-state index is 13.2. The summed E-state index contributed by atoms with van der Waals surface area (Å²) in [6.45, 7) is 1.25. The number of carbonyl (C=O) groups is 3. The monoisotopic (exact) mass is 504 g/mol. The van der Waals surface area contributed by atoms with Crippen LogP contribution in [0.5, 0.6) is 0 Å². The molecule has 8 nitrogen and oxygen atoms in total. The lowest BCUT2D eigenvalue weighted by Gasteiger charge is -2.28. The Morgan fingerprint density at radius 3 is 2.56 bits per heavy atom. The van der Waals surface area contributed by atoms with Gasteiger partial charge in [0.15, 0.2) is 0 Å². The van der Waals surface area contributed by atoms with Crippen molar-refractivity contribution < 1.29 is 19.1 Å². The lowest BCUT2D eigenvalue weighted by atomic mass is 9.95. The molecule has 0 spiro atoms. The molecule has 3 N–H and O–H groups in total. The van der Waals surface area contributed by atoms with Crippen molar-refractivity contribution in [3.05, 3.63) is 45.6 Å². The lowest BCUT2D eigenvalue weighted by Crippen LogP contribution is -2.52. The van der Waals surface area contributed by atoms with Gasteiger partial charge in [0.2, 0.25) is 5.91 Å². The summed E-state index contributed by atoms with van der Waals surface area (Å²) in [6.07, 6.45) is 5.51. The van der Waals surface area contributed by atoms with Crippen LogP contribution in [-0.4, -0.2) is 56.1 Å². The Labute approximate surface area is 208 Å². The van der Waals surface area contributed by atoms with Crippen LogP contribution >= 0.6 is 22.9 Å². The van der Waals surface area contributed by atoms with Gasteiger partial charge in [0.25, 0.3) is 11.8 Å². The molecule has 1 aromatic carbocycles. The minimum Gasteiger partial charge on any atom is -0.370 e. The van der Waals surface area contributed by atoms with Crippen molar-refractivity contribution in [1.29, 1.82) is 0 Å². The SMILES string of the molecule is O=C(NC[C@H](NC1CCCCC1)C(=O)Nc1ccc(N2CCOCC2=O)cc1)c1ccc(Cl)s1. The van der Waals surface area contributed by atoms with Gasteiger partial charge < -0.3 is 25.6 Å². The zero-order valence-corrected chi connectivity index (χ0v) is 20.4. The first-order valence-corrected chi connectivity index (χ1v) is 12.8. The Bertz CT molecular complexity index is 1010. The highest BCUT2D eigenvalue weighted by atomic mass is 35.5. The summed E-state index contributed by atoms with van der Waals surface area (Å²) in [5.74, 6) is -0.549. The molecular weight excluding hydrogens is 476 g/mol. The molecule has 1 saturated heterocycles. The van der Waals surface area contributed by atoms with E-state index < -0.39 is 6.04 Å². The van der Waals surface area contributed by atoms with Crippen molar-refractivity contribution in [2.24, 2.45) is 0 Å². The van der Waals surface area contributed by atoms with Crippen molar-refractivity contribution >= 4 is 52.0 Å². The number of nitrogens with one attached hydrogen (secondary N) is 3. The van der Waals surface area contributed by atoms with Gasteiger partial charge >= 0.3 is 0 Å². The Morgan fingerprint density at radius 2 is 1.88 bits per heavy atom. The van der Waals surface area contributed by atoms with Crippen LogP contribution in [0.2, 0.25) is 4.34 Å². The van der Waals surface area contributed by atoms with E-state index in [1.54, 1.807) is 29.2 Å². The molecule has 3 amide bonds. The van der Waals surface area contributed by atoms with Crippen LogP contribution in [0.4, 0.5) is 11.4 Å². The van der Waals surface area contributed by atoms with Crippen LogP contribution in [-0.2, 0) is 14.3 Å². The van der Waals surface area contributed by atoms with Crippen LogP contribution < -0.4 is 20.9 Å². The number of ether oxygens (including phenoxy) is 1. The van der Waals surface area contributed by atoms with E-state index in [0.717, 1.165) is 31.4 Å². The molecule has 1 aliphatic heterocycles. The largest absolute Gasteiger partial charge is 0.370 e. The van der Waals surface area contributed by atoms with E-state index in [2.05, 4.69) is 16.0 Å². The minimum atomic E-state index is -0.581. The van der Waals surface area contributed by atoms with Gasteiger partial charge in [-0.2, -0.15) is 0 Å². The average Bonchev–Trinajstić information content (AvgIpc) is 3.29. The zero-order valence-electron chi connectivity index (χ0n) is 18.8. The van der Waals surface area contributed by atoms with E-state index in [-0.39, 0.29) is 36.9 Å². The van der Waals surface area contributed by atoms with Gasteiger partial charge in [-0.1, -0.05) is 30.9 Å². The molecular formula is C24H29ClN4O4S. The number of nitrogens with zero attached hydrogens (tertiary/aromatic N) is 1. The molecule has 0 bridgehead atoms. The predicted octanol–water partition coefficient (Wildman–Crippen LogP) is 3.42. The third kappa shape index (κ3) is 6.56. The Balaban J connectivity index is 1.39. The van der Waals surface area contributed by atoms with E-state index in [0.29, 0.717) is 28.1 Å². The van der Waals surface area contributed by atoms with Gasteiger partial charge in [0.05, 0.1) is 15.8 Å². The fraction of sp³-hybridized carbons (Fsp3) is 0.458. The molecule has 2 aromatic rings. The summed E-state index contributed by atoms with van der Waals surface area (Å²) < 4.78 is 5.72. The molecule has 0 unspecified atom stereocenters. The van der Waals surface area contributed by atoms with Gasteiger partial charge in [-0.15, -0.1) is 11.3 Å². The molecule has 1 aliphatic carbocycles. The first kappa shape index (κ1) is 24.7. The van der Waals surface area contributed by atoms with Crippen LogP contribution in [0.3, 0.4) is 0 Å². The Kier molecular flexibility index (Phi) is 8.55. The Morgan fingerprint density at radius 1 is 1.12 bits per heavy atom. The van der Waals surface area contributed by atoms with Gasteiger partial charge in [-0.3, -0.25) is 14.4 Å². The van der Waals surface area contributed by atoms with E-state index in [9.17, 15) is 14.4 Å². The molecule has 1 atom stereocenters. The predicted molar refractivity (Wildman–Crippen MR) is 134 cm³/mol. The van der Waals surface area contributed by atoms with Gasteiger partial charge in [0, 0.05) is 30.5 Å². The Hall–Kier alpha value is -2.46. The summed E-state index contributed by atoms with van der Waals surface area (Å²) >= 11 is 7.14. The molecule has 2 aliphatic rings. The molecule has 0 radical (unpaired) electrons. The van der Waals surface area contributed by atoms with E-state index in [1.807, 2.05) is 12.1 Å². The third-order valence-corrected chi connectivity index (χ3v) is 7.28. The van der Waals surface area contributed by atoms with E-state index >= 15 is 0 Å². The molecule has 1 saturated carbocycles. The van der Waals surface area contributed by atoms with Gasteiger partial charge in [-0.25, -0.2) is 0 Å². The molecule has 34 heavy (non-hydrogen) atoms. The maximum Gasteiger partial charge on any atom is 0.261 e. The summed E-state index contributed by atoms with van der Waals surface area (Å²) in [4.78, 5) is 39.9. The molecule has 2 heterocycles. The average molecular weight is 505 g/mol. The number of benzene rings is 1. The van der Waals surface area contributed by atoms with Crippen molar-refractivity contribution in [3.8, 4) is 0 Å². The number of amides is 3. The fourth-order valence-electron chi connectivity index (χ4n) is 4.24. The van der Waals surface area contributed by atoms with Crippen LogP contribution in [0.25, 0.3) is 0 Å². The number of thiophene rings is 1. The number of hydrogen-bond acceptors (Lipinski definition) is 6. The lowest BCUT2D eigenvalue weighted by molar-refractivity contribution is -0.125. The second kappa shape index (κ2) is 11.8. The number of rotatable bonds is 8. The standard InChI is InChI=1S/C24H29ClN4O4S/c25-21-11-10-20(34-21)24(32)26-14-19(27-16-4-2-1-3-5-16)23(31)28-17-6-8-18(9-7-17)29-12-13-33-15-22(29)30/h6-11,16,19,27H,1-5,12-15H2,(H,26,32)(H,28,31)/t19-/m0/s1. The topological polar surface area (TPSA) is 99.8 Å². The molecule has 2 fully saturated rings. The van der Waals surface area contributed by atoms with Gasteiger partial charge in [-0.05, 0) is 49.2 Å². The summed E-state index contributed by atoms with van der Waals surface area (Å²) in [5, 5.41) is 9.24. The number of hydrogen-bond donors (Lipinski definition) is 3. The van der Waals surface area contributed by atoms with E-state index in [1.165, 1.54) is 17.8 Å². The first-order chi connectivity index (χ1) is 16.5. The number of carbonyl (C=O) groups excluding carboxylic acids is 3. The molecule has 182 valence electrons. The smallest absolute Gasteiger partial charge is 0.261 e. The van der Waals surface area contributed by atoms with E-state index in [4.69, 9.17) is 16.3 Å². The number of halogens is 1. The van der Waals surface area contributed by atoms with Crippen LogP contribution in [0.15, 0.2) is 36.4 Å². The zero-order chi connectivity index (χ0) is 23.9. The first-order valence-electron chi connectivity index (χ1n) is 11.6. The van der Waals surface area contributed by atoms with Crippen molar-refractivity contribution in [1.82, 2.24) is 10.6 Å².